The van der Waals surface area contributed by atoms with Crippen LogP contribution in [0.25, 0.3) is 0 Å². The van der Waals surface area contributed by atoms with Crippen LogP contribution < -0.4 is 0 Å². The highest BCUT2D eigenvalue weighted by Crippen LogP contribution is 2.28. The van der Waals surface area contributed by atoms with Crippen LogP contribution in [0.5, 0.6) is 0 Å². The highest BCUT2D eigenvalue weighted by atomic mass is 14.8. The molecule has 86 valence electrons. The Kier molecular flexibility index (Phi) is 4.56. The highest BCUT2D eigenvalue weighted by molar-refractivity contribution is 5.85. The summed E-state index contributed by atoms with van der Waals surface area (Å²) in [7, 11) is 0. The van der Waals surface area contributed by atoms with Gasteiger partial charge in [-0.25, -0.2) is 0 Å². The molecule has 0 radical (unpaired) electrons. The number of hydrogen-bond donors (Lipinski definition) is 0. The maximum absolute atomic E-state index is 4.66. The van der Waals surface area contributed by atoms with Crippen LogP contribution in [0.2, 0.25) is 0 Å². The lowest BCUT2D eigenvalue weighted by Crippen LogP contribution is -2.19. The second kappa shape index (κ2) is 5.48. The largest absolute Gasteiger partial charge is 0.263 e. The summed E-state index contributed by atoms with van der Waals surface area (Å²) >= 11 is 0. The van der Waals surface area contributed by atoms with Gasteiger partial charge in [-0.1, -0.05) is 33.3 Å². The molecule has 1 nitrogen and oxygen atoms in total. The van der Waals surface area contributed by atoms with Crippen molar-refractivity contribution in [2.24, 2.45) is 22.7 Å². The molecule has 0 fully saturated rings. The molecule has 0 bridgehead atoms. The monoisotopic (exact) mass is 207 g/mol. The highest BCUT2D eigenvalue weighted by Gasteiger charge is 2.21. The maximum Gasteiger partial charge on any atom is 0.0332 e. The van der Waals surface area contributed by atoms with Gasteiger partial charge in [0.1, 0.15) is 0 Å². The first-order chi connectivity index (χ1) is 7.00. The molecule has 0 aromatic heterocycles. The molecule has 2 atom stereocenters. The maximum atomic E-state index is 4.66. The zero-order valence-corrected chi connectivity index (χ0v) is 10.9. The van der Waals surface area contributed by atoms with E-state index >= 15 is 0 Å². The Balaban J connectivity index is 2.66. The molecule has 1 heterocycles. The molecular formula is C14H25N. The van der Waals surface area contributed by atoms with Crippen molar-refractivity contribution >= 4 is 5.71 Å². The summed E-state index contributed by atoms with van der Waals surface area (Å²) in [6, 6.07) is 0. The Labute approximate surface area is 94.7 Å². The second-order valence-corrected chi connectivity index (χ2v) is 5.39. The molecule has 1 aliphatic heterocycles. The van der Waals surface area contributed by atoms with Crippen molar-refractivity contribution < 1.29 is 0 Å². The Morgan fingerprint density at radius 3 is 2.67 bits per heavy atom. The predicted molar refractivity (Wildman–Crippen MR) is 68.2 cm³/mol. The van der Waals surface area contributed by atoms with Crippen molar-refractivity contribution in [3.8, 4) is 0 Å². The summed E-state index contributed by atoms with van der Waals surface area (Å²) in [6.07, 6.45) is 6.09. The van der Waals surface area contributed by atoms with Gasteiger partial charge < -0.3 is 0 Å². The molecule has 0 aromatic carbocycles. The molecule has 0 amide bonds. The first-order valence-electron chi connectivity index (χ1n) is 6.22. The summed E-state index contributed by atoms with van der Waals surface area (Å²) in [5.74, 6) is 2.26. The second-order valence-electron chi connectivity index (χ2n) is 5.39. The van der Waals surface area contributed by atoms with Gasteiger partial charge >= 0.3 is 0 Å². The van der Waals surface area contributed by atoms with E-state index in [0.717, 1.165) is 11.8 Å². The lowest BCUT2D eigenvalue weighted by Gasteiger charge is -2.22. The predicted octanol–water partition coefficient (Wildman–Crippen LogP) is 4.44. The van der Waals surface area contributed by atoms with Gasteiger partial charge in [-0.3, -0.25) is 4.99 Å². The van der Waals surface area contributed by atoms with Gasteiger partial charge in [-0.15, -0.1) is 0 Å². The third-order valence-electron chi connectivity index (χ3n) is 3.42. The quantitative estimate of drug-likeness (QED) is 0.648. The molecule has 1 aliphatic rings. The van der Waals surface area contributed by atoms with E-state index in [4.69, 9.17) is 0 Å². The van der Waals surface area contributed by atoms with E-state index in [1.807, 2.05) is 0 Å². The van der Waals surface area contributed by atoms with Crippen LogP contribution in [0.1, 0.15) is 53.9 Å². The van der Waals surface area contributed by atoms with E-state index in [2.05, 4.69) is 45.7 Å². The van der Waals surface area contributed by atoms with Gasteiger partial charge in [0.15, 0.2) is 0 Å². The molecule has 15 heavy (non-hydrogen) atoms. The number of aliphatic imine (C=N–C) groups is 1. The van der Waals surface area contributed by atoms with E-state index < -0.39 is 0 Å². The van der Waals surface area contributed by atoms with Crippen molar-refractivity contribution in [2.45, 2.75) is 53.9 Å². The fraction of sp³-hybridized carbons (Fsp3) is 0.786. The third-order valence-corrected chi connectivity index (χ3v) is 3.42. The van der Waals surface area contributed by atoms with Crippen molar-refractivity contribution in [3.63, 3.8) is 0 Å². The number of nitrogens with zero attached hydrogens (tertiary/aromatic N) is 1. The fourth-order valence-corrected chi connectivity index (χ4v) is 2.35. The Bertz CT molecular complexity index is 261. The van der Waals surface area contributed by atoms with E-state index in [0.29, 0.717) is 5.92 Å². The number of allylic oxidation sites excluding steroid dienone is 2. The van der Waals surface area contributed by atoms with Crippen LogP contribution in [0.4, 0.5) is 0 Å². The molecule has 1 heteroatoms. The molecule has 0 saturated carbocycles. The lowest BCUT2D eigenvalue weighted by atomic mass is 9.83. The first kappa shape index (κ1) is 12.5. The Morgan fingerprint density at radius 2 is 2.07 bits per heavy atom. The van der Waals surface area contributed by atoms with Crippen LogP contribution in [0.3, 0.4) is 0 Å². The molecule has 1 rings (SSSR count). The molecule has 0 aromatic rings. The minimum Gasteiger partial charge on any atom is -0.263 e. The zero-order valence-electron chi connectivity index (χ0n) is 10.9. The minimum atomic E-state index is 0.695. The van der Waals surface area contributed by atoms with Crippen LogP contribution in [0.15, 0.2) is 16.8 Å². The minimum absolute atomic E-state index is 0.695. The van der Waals surface area contributed by atoms with E-state index in [1.165, 1.54) is 30.7 Å². The fourth-order valence-electron chi connectivity index (χ4n) is 2.35. The van der Waals surface area contributed by atoms with Gasteiger partial charge in [0.25, 0.3) is 0 Å². The Hall–Kier alpha value is -0.590. The van der Waals surface area contributed by atoms with Crippen LogP contribution in [-0.2, 0) is 0 Å². The molecule has 0 spiro atoms. The summed E-state index contributed by atoms with van der Waals surface area (Å²) in [5, 5.41) is 0. The topological polar surface area (TPSA) is 12.4 Å². The van der Waals surface area contributed by atoms with Crippen molar-refractivity contribution in [1.29, 1.82) is 0 Å². The van der Waals surface area contributed by atoms with Crippen molar-refractivity contribution in [1.82, 2.24) is 0 Å². The standard InChI is InChI=1S/C14H25N/c1-10(2)6-9-14-11(3)7-8-12(4)15-13(14)5/h8,10-11,14H,6-7,9H2,1-5H3. The van der Waals surface area contributed by atoms with Gasteiger partial charge in [0.2, 0.25) is 0 Å². The van der Waals surface area contributed by atoms with Gasteiger partial charge in [0.05, 0.1) is 0 Å². The van der Waals surface area contributed by atoms with Crippen molar-refractivity contribution in [2.75, 3.05) is 0 Å². The van der Waals surface area contributed by atoms with Crippen LogP contribution in [0, 0.1) is 17.8 Å². The molecule has 0 aliphatic carbocycles. The normalized spacial score (nSPS) is 27.3. The Morgan fingerprint density at radius 1 is 1.40 bits per heavy atom. The molecule has 2 unspecified atom stereocenters. The van der Waals surface area contributed by atoms with Gasteiger partial charge in [0, 0.05) is 11.4 Å². The number of rotatable bonds is 3. The van der Waals surface area contributed by atoms with E-state index in [9.17, 15) is 0 Å². The summed E-state index contributed by atoms with van der Waals surface area (Å²) < 4.78 is 0. The smallest absolute Gasteiger partial charge is 0.0332 e. The zero-order chi connectivity index (χ0) is 11.4. The molecular weight excluding hydrogens is 182 g/mol. The molecule has 0 saturated heterocycles. The SMILES string of the molecule is CC1=CCC(C)C(CCC(C)C)C(C)=N1. The van der Waals surface area contributed by atoms with E-state index in [-0.39, 0.29) is 0 Å². The van der Waals surface area contributed by atoms with Crippen LogP contribution in [-0.4, -0.2) is 5.71 Å². The molecule has 0 N–H and O–H groups in total. The van der Waals surface area contributed by atoms with Crippen molar-refractivity contribution in [3.05, 3.63) is 11.8 Å². The average Bonchev–Trinajstić information content (AvgIpc) is 2.24. The van der Waals surface area contributed by atoms with E-state index in [1.54, 1.807) is 0 Å². The lowest BCUT2D eigenvalue weighted by molar-refractivity contribution is 0.395. The van der Waals surface area contributed by atoms with Gasteiger partial charge in [-0.05, 0) is 44.4 Å². The van der Waals surface area contributed by atoms with Crippen LogP contribution >= 0.6 is 0 Å². The first-order valence-corrected chi connectivity index (χ1v) is 6.22. The third kappa shape index (κ3) is 3.81. The summed E-state index contributed by atoms with van der Waals surface area (Å²) in [4.78, 5) is 4.66. The summed E-state index contributed by atoms with van der Waals surface area (Å²) in [6.45, 7) is 11.3. The van der Waals surface area contributed by atoms with Gasteiger partial charge in [-0.2, -0.15) is 0 Å². The summed E-state index contributed by atoms with van der Waals surface area (Å²) in [5.41, 5.74) is 2.54. The average molecular weight is 207 g/mol. The number of hydrogen-bond acceptors (Lipinski definition) is 1.